The molecule has 3 N–H and O–H groups in total. The summed E-state index contributed by atoms with van der Waals surface area (Å²) in [5, 5.41) is 0. The third-order valence-electron chi connectivity index (χ3n) is 3.66. The highest BCUT2D eigenvalue weighted by molar-refractivity contribution is 7.91. The summed E-state index contributed by atoms with van der Waals surface area (Å²) in [6.45, 7) is 4.04. The second-order valence-electron chi connectivity index (χ2n) is 5.44. The van der Waals surface area contributed by atoms with Gasteiger partial charge < -0.3 is 4.74 Å². The van der Waals surface area contributed by atoms with Gasteiger partial charge in [0, 0.05) is 13.2 Å². The number of hydrogen-bond donors (Lipinski definition) is 2. The van der Waals surface area contributed by atoms with E-state index in [0.717, 1.165) is 12.8 Å². The lowest BCUT2D eigenvalue weighted by Gasteiger charge is -2.28. The molecule has 0 spiro atoms. The summed E-state index contributed by atoms with van der Waals surface area (Å²) < 4.78 is 28.2. The quantitative estimate of drug-likeness (QED) is 0.538. The molecule has 0 aromatic rings. The molecule has 1 fully saturated rings. The second kappa shape index (κ2) is 5.65. The van der Waals surface area contributed by atoms with E-state index in [1.165, 1.54) is 0 Å². The molecule has 0 aromatic heterocycles. The average Bonchev–Trinajstić information content (AvgIpc) is 2.60. The van der Waals surface area contributed by atoms with Gasteiger partial charge in [0.25, 0.3) is 0 Å². The van der Waals surface area contributed by atoms with Crippen LogP contribution in [-0.2, 0) is 14.6 Å². The molecule has 1 rings (SSSR count). The minimum absolute atomic E-state index is 0.0571. The Morgan fingerprint density at radius 3 is 2.59 bits per heavy atom. The highest BCUT2D eigenvalue weighted by atomic mass is 32.2. The van der Waals surface area contributed by atoms with Crippen LogP contribution in [0.15, 0.2) is 0 Å². The summed E-state index contributed by atoms with van der Waals surface area (Å²) in [5.74, 6) is 6.22. The number of methoxy groups -OCH3 is 1. The zero-order valence-electron chi connectivity index (χ0n) is 10.9. The second-order valence-corrected chi connectivity index (χ2v) is 7.67. The normalized spacial score (nSPS) is 26.0. The van der Waals surface area contributed by atoms with Gasteiger partial charge in [0.05, 0.1) is 17.1 Å². The monoisotopic (exact) mass is 264 g/mol. The van der Waals surface area contributed by atoms with Crippen LogP contribution in [0.5, 0.6) is 0 Å². The Balaban J connectivity index is 2.50. The highest BCUT2D eigenvalue weighted by Crippen LogP contribution is 2.26. The standard InChI is InChI=1S/C11H24N2O3S/c1-11(2,16-3)6-4-10(13-12)9-5-7-17(14,15)8-9/h9-10,13H,4-8,12H2,1-3H3. The molecule has 5 nitrogen and oxygen atoms in total. The predicted octanol–water partition coefficient (Wildman–Crippen LogP) is 0.458. The Hall–Kier alpha value is -0.170. The van der Waals surface area contributed by atoms with Gasteiger partial charge in [-0.1, -0.05) is 0 Å². The van der Waals surface area contributed by atoms with Crippen LogP contribution in [0.2, 0.25) is 0 Å². The molecule has 1 heterocycles. The molecule has 0 amide bonds. The topological polar surface area (TPSA) is 81.4 Å². The molecular weight excluding hydrogens is 240 g/mol. The minimum atomic E-state index is -2.84. The number of hydrazine groups is 1. The maximum absolute atomic E-state index is 11.4. The van der Waals surface area contributed by atoms with Crippen molar-refractivity contribution < 1.29 is 13.2 Å². The fourth-order valence-electron chi connectivity index (χ4n) is 2.20. The summed E-state index contributed by atoms with van der Waals surface area (Å²) in [6, 6.07) is 0.0571. The first-order valence-corrected chi connectivity index (χ1v) is 7.83. The van der Waals surface area contributed by atoms with E-state index in [1.807, 2.05) is 13.8 Å². The van der Waals surface area contributed by atoms with Crippen LogP contribution in [0.4, 0.5) is 0 Å². The van der Waals surface area contributed by atoms with Gasteiger partial charge in [-0.2, -0.15) is 0 Å². The molecule has 102 valence electrons. The molecule has 0 radical (unpaired) electrons. The zero-order chi connectivity index (χ0) is 13.1. The van der Waals surface area contributed by atoms with Crippen LogP contribution in [0.25, 0.3) is 0 Å². The van der Waals surface area contributed by atoms with Crippen molar-refractivity contribution in [1.29, 1.82) is 0 Å². The van der Waals surface area contributed by atoms with E-state index in [2.05, 4.69) is 5.43 Å². The van der Waals surface area contributed by atoms with Crippen LogP contribution in [0.3, 0.4) is 0 Å². The van der Waals surface area contributed by atoms with E-state index in [1.54, 1.807) is 7.11 Å². The van der Waals surface area contributed by atoms with Crippen molar-refractivity contribution in [2.24, 2.45) is 11.8 Å². The lowest BCUT2D eigenvalue weighted by atomic mass is 9.91. The van der Waals surface area contributed by atoms with Crippen molar-refractivity contribution in [2.75, 3.05) is 18.6 Å². The summed E-state index contributed by atoms with van der Waals surface area (Å²) in [6.07, 6.45) is 2.40. The minimum Gasteiger partial charge on any atom is -0.379 e. The van der Waals surface area contributed by atoms with Gasteiger partial charge in [-0.25, -0.2) is 8.42 Å². The van der Waals surface area contributed by atoms with Crippen LogP contribution in [0, 0.1) is 5.92 Å². The Labute approximate surface area is 104 Å². The first-order chi connectivity index (χ1) is 7.79. The van der Waals surface area contributed by atoms with Crippen molar-refractivity contribution in [3.8, 4) is 0 Å². The largest absolute Gasteiger partial charge is 0.379 e. The van der Waals surface area contributed by atoms with Crippen molar-refractivity contribution in [2.45, 2.75) is 44.8 Å². The number of nitrogens with two attached hydrogens (primary N) is 1. The van der Waals surface area contributed by atoms with E-state index < -0.39 is 9.84 Å². The number of nitrogens with one attached hydrogen (secondary N) is 1. The molecular formula is C11H24N2O3S. The molecule has 1 aliphatic rings. The van der Waals surface area contributed by atoms with Crippen LogP contribution >= 0.6 is 0 Å². The molecule has 1 saturated heterocycles. The molecule has 2 atom stereocenters. The van der Waals surface area contributed by atoms with Gasteiger partial charge in [0.2, 0.25) is 0 Å². The number of sulfone groups is 1. The van der Waals surface area contributed by atoms with Crippen molar-refractivity contribution in [3.05, 3.63) is 0 Å². The van der Waals surface area contributed by atoms with Crippen molar-refractivity contribution in [3.63, 3.8) is 0 Å². The molecule has 0 aliphatic carbocycles. The Morgan fingerprint density at radius 1 is 1.53 bits per heavy atom. The lowest BCUT2D eigenvalue weighted by Crippen LogP contribution is -2.42. The number of hydrogen-bond acceptors (Lipinski definition) is 5. The van der Waals surface area contributed by atoms with Crippen LogP contribution in [0.1, 0.15) is 33.1 Å². The van der Waals surface area contributed by atoms with Gasteiger partial charge in [-0.15, -0.1) is 0 Å². The molecule has 0 aromatic carbocycles. The molecule has 0 saturated carbocycles. The van der Waals surface area contributed by atoms with Gasteiger partial charge in [0.1, 0.15) is 0 Å². The summed E-state index contributed by atoms with van der Waals surface area (Å²) in [5.41, 5.74) is 2.57. The van der Waals surface area contributed by atoms with Gasteiger partial charge >= 0.3 is 0 Å². The maximum atomic E-state index is 11.4. The Kier molecular flexibility index (Phi) is 4.95. The van der Waals surface area contributed by atoms with E-state index in [0.29, 0.717) is 12.2 Å². The molecule has 17 heavy (non-hydrogen) atoms. The zero-order valence-corrected chi connectivity index (χ0v) is 11.7. The first-order valence-electron chi connectivity index (χ1n) is 6.01. The summed E-state index contributed by atoms with van der Waals surface area (Å²) in [7, 11) is -1.15. The van der Waals surface area contributed by atoms with Crippen molar-refractivity contribution in [1.82, 2.24) is 5.43 Å². The first kappa shape index (κ1) is 14.9. The van der Waals surface area contributed by atoms with Gasteiger partial charge in [-0.05, 0) is 39.0 Å². The third-order valence-corrected chi connectivity index (χ3v) is 5.45. The maximum Gasteiger partial charge on any atom is 0.150 e. The van der Waals surface area contributed by atoms with E-state index >= 15 is 0 Å². The third kappa shape index (κ3) is 4.54. The average molecular weight is 264 g/mol. The number of rotatable bonds is 6. The van der Waals surface area contributed by atoms with Gasteiger partial charge in [-0.3, -0.25) is 11.3 Å². The Morgan fingerprint density at radius 2 is 2.18 bits per heavy atom. The van der Waals surface area contributed by atoms with Crippen LogP contribution in [-0.4, -0.2) is 38.7 Å². The molecule has 0 bridgehead atoms. The van der Waals surface area contributed by atoms with Gasteiger partial charge in [0.15, 0.2) is 9.84 Å². The predicted molar refractivity (Wildman–Crippen MR) is 68.2 cm³/mol. The molecule has 6 heteroatoms. The molecule has 1 aliphatic heterocycles. The fraction of sp³-hybridized carbons (Fsp3) is 1.00. The van der Waals surface area contributed by atoms with E-state index in [9.17, 15) is 8.42 Å². The van der Waals surface area contributed by atoms with Crippen molar-refractivity contribution >= 4 is 9.84 Å². The molecule has 2 unspecified atom stereocenters. The van der Waals surface area contributed by atoms with E-state index in [-0.39, 0.29) is 23.3 Å². The Bertz CT molecular complexity index is 341. The highest BCUT2D eigenvalue weighted by Gasteiger charge is 2.33. The number of ether oxygens (including phenoxy) is 1. The smallest absolute Gasteiger partial charge is 0.150 e. The van der Waals surface area contributed by atoms with E-state index in [4.69, 9.17) is 10.6 Å². The SMILES string of the molecule is COC(C)(C)CCC(NN)C1CCS(=O)(=O)C1. The summed E-state index contributed by atoms with van der Waals surface area (Å²) in [4.78, 5) is 0. The fourth-order valence-corrected chi connectivity index (χ4v) is 4.08. The lowest BCUT2D eigenvalue weighted by molar-refractivity contribution is 0.0105. The van der Waals surface area contributed by atoms with Crippen LogP contribution < -0.4 is 11.3 Å². The summed E-state index contributed by atoms with van der Waals surface area (Å²) >= 11 is 0.